The molecule has 0 aliphatic carbocycles. The average molecular weight is 474 g/mol. The third-order valence-corrected chi connectivity index (χ3v) is 5.37. The summed E-state index contributed by atoms with van der Waals surface area (Å²) >= 11 is 12.1. The van der Waals surface area contributed by atoms with E-state index >= 15 is 0 Å². The Morgan fingerprint density at radius 2 is 1.74 bits per heavy atom. The lowest BCUT2D eigenvalue weighted by molar-refractivity contribution is -0.192. The van der Waals surface area contributed by atoms with Crippen LogP contribution in [0, 0.1) is 0 Å². The van der Waals surface area contributed by atoms with Crippen LogP contribution < -0.4 is 0 Å². The standard InChI is InChI=1S/C18H15Cl2N3O.C2HF3O2/c19-14-3-2-12(8-15(14)20)13-9-17-16(21-10-13)4-7-23(17)11-18(24)22-5-1-6-22;3-2(4,5)1(6)7/h2-4,7-10H,1,5-6,11H2;(H,6,7). The second kappa shape index (κ2) is 9.15. The lowest BCUT2D eigenvalue weighted by Gasteiger charge is -2.31. The van der Waals surface area contributed by atoms with Crippen LogP contribution in [0.25, 0.3) is 22.2 Å². The van der Waals surface area contributed by atoms with Crippen LogP contribution >= 0.6 is 23.2 Å². The van der Waals surface area contributed by atoms with Gasteiger partial charge in [0.1, 0.15) is 6.54 Å². The fraction of sp³-hybridized carbons (Fsp3) is 0.250. The van der Waals surface area contributed by atoms with E-state index in [1.54, 1.807) is 6.07 Å². The molecule has 31 heavy (non-hydrogen) atoms. The SMILES string of the molecule is O=C(Cn1ccc2ncc(-c3ccc(Cl)c(Cl)c3)cc21)N1CCC1.O=C(O)C(F)(F)F. The molecular formula is C20H16Cl2F3N3O3. The maximum atomic E-state index is 12.2. The van der Waals surface area contributed by atoms with E-state index in [1.807, 2.05) is 46.1 Å². The van der Waals surface area contributed by atoms with Crippen LogP contribution in [0.4, 0.5) is 13.2 Å². The molecule has 1 N–H and O–H groups in total. The number of aliphatic carboxylic acids is 1. The minimum atomic E-state index is -5.08. The molecule has 1 saturated heterocycles. The molecule has 1 amide bonds. The summed E-state index contributed by atoms with van der Waals surface area (Å²) in [5.74, 6) is -2.61. The fourth-order valence-corrected chi connectivity index (χ4v) is 3.14. The minimum absolute atomic E-state index is 0.152. The molecule has 0 spiro atoms. The largest absolute Gasteiger partial charge is 0.490 e. The van der Waals surface area contributed by atoms with Gasteiger partial charge in [0.25, 0.3) is 0 Å². The van der Waals surface area contributed by atoms with Crippen LogP contribution in [-0.4, -0.2) is 50.7 Å². The van der Waals surface area contributed by atoms with E-state index in [0.29, 0.717) is 16.6 Å². The van der Waals surface area contributed by atoms with Crippen LogP contribution in [0.3, 0.4) is 0 Å². The van der Waals surface area contributed by atoms with Crippen molar-refractivity contribution >= 4 is 46.1 Å². The second-order valence-corrected chi connectivity index (χ2v) is 7.55. The Bertz CT molecular complexity index is 1130. The van der Waals surface area contributed by atoms with Gasteiger partial charge in [0.15, 0.2) is 0 Å². The number of carboxylic acid groups (broad SMARTS) is 1. The number of nitrogens with zero attached hydrogens (tertiary/aromatic N) is 3. The summed E-state index contributed by atoms with van der Waals surface area (Å²) in [6.45, 7) is 2.08. The van der Waals surface area contributed by atoms with E-state index in [1.165, 1.54) is 0 Å². The first-order valence-corrected chi connectivity index (χ1v) is 9.80. The highest BCUT2D eigenvalue weighted by molar-refractivity contribution is 6.42. The van der Waals surface area contributed by atoms with Crippen molar-refractivity contribution < 1.29 is 27.9 Å². The second-order valence-electron chi connectivity index (χ2n) is 6.74. The quantitative estimate of drug-likeness (QED) is 0.588. The summed E-state index contributed by atoms with van der Waals surface area (Å²) in [7, 11) is 0. The van der Waals surface area contributed by atoms with Crippen LogP contribution in [0.1, 0.15) is 6.42 Å². The number of halogens is 5. The molecule has 0 saturated carbocycles. The van der Waals surface area contributed by atoms with Crippen molar-refractivity contribution in [3.05, 3.63) is 52.8 Å². The van der Waals surface area contributed by atoms with Gasteiger partial charge in [-0.15, -0.1) is 0 Å². The number of hydrogen-bond acceptors (Lipinski definition) is 3. The van der Waals surface area contributed by atoms with Crippen LogP contribution in [0.15, 0.2) is 42.7 Å². The van der Waals surface area contributed by atoms with Gasteiger partial charge in [0, 0.05) is 31.0 Å². The summed E-state index contributed by atoms with van der Waals surface area (Å²) in [6, 6.07) is 9.47. The van der Waals surface area contributed by atoms with E-state index < -0.39 is 12.1 Å². The van der Waals surface area contributed by atoms with Gasteiger partial charge in [-0.25, -0.2) is 4.79 Å². The number of alkyl halides is 3. The first kappa shape index (κ1) is 22.9. The van der Waals surface area contributed by atoms with E-state index in [-0.39, 0.29) is 5.91 Å². The first-order valence-electron chi connectivity index (χ1n) is 9.04. The van der Waals surface area contributed by atoms with Crippen molar-refractivity contribution in [1.29, 1.82) is 0 Å². The van der Waals surface area contributed by atoms with Gasteiger partial charge in [0.2, 0.25) is 5.91 Å². The normalized spacial score (nSPS) is 13.4. The summed E-state index contributed by atoms with van der Waals surface area (Å²) in [5.41, 5.74) is 3.70. The van der Waals surface area contributed by atoms with Crippen molar-refractivity contribution in [2.45, 2.75) is 19.1 Å². The van der Waals surface area contributed by atoms with E-state index in [4.69, 9.17) is 33.1 Å². The van der Waals surface area contributed by atoms with Gasteiger partial charge < -0.3 is 14.6 Å². The van der Waals surface area contributed by atoms with Gasteiger partial charge >= 0.3 is 12.1 Å². The molecule has 1 aliphatic rings. The van der Waals surface area contributed by atoms with E-state index in [0.717, 1.165) is 41.7 Å². The Labute approximate surface area is 184 Å². The summed E-state index contributed by atoms with van der Waals surface area (Å²) in [6.07, 6.45) is -0.265. The smallest absolute Gasteiger partial charge is 0.475 e. The minimum Gasteiger partial charge on any atom is -0.475 e. The van der Waals surface area contributed by atoms with Crippen LogP contribution in [0.2, 0.25) is 10.0 Å². The number of aromatic nitrogens is 2. The third-order valence-electron chi connectivity index (χ3n) is 4.63. The molecule has 4 rings (SSSR count). The number of benzene rings is 1. The summed E-state index contributed by atoms with van der Waals surface area (Å²) in [4.78, 5) is 27.5. The maximum Gasteiger partial charge on any atom is 0.490 e. The molecule has 1 aliphatic heterocycles. The van der Waals surface area contributed by atoms with Crippen molar-refractivity contribution in [3.8, 4) is 11.1 Å². The number of carbonyl (C=O) groups excluding carboxylic acids is 1. The van der Waals surface area contributed by atoms with Gasteiger partial charge in [0.05, 0.1) is 21.1 Å². The molecule has 2 aromatic heterocycles. The molecule has 0 bridgehead atoms. The van der Waals surface area contributed by atoms with Crippen molar-refractivity contribution in [1.82, 2.24) is 14.5 Å². The molecule has 1 fully saturated rings. The van der Waals surface area contributed by atoms with Crippen molar-refractivity contribution in [2.24, 2.45) is 0 Å². The van der Waals surface area contributed by atoms with Crippen LogP contribution in [-0.2, 0) is 16.1 Å². The first-order chi connectivity index (χ1) is 14.6. The molecule has 3 heterocycles. The molecule has 0 atom stereocenters. The van der Waals surface area contributed by atoms with Crippen LogP contribution in [0.5, 0.6) is 0 Å². The topological polar surface area (TPSA) is 75.4 Å². The number of fused-ring (bicyclic) bond motifs is 1. The highest BCUT2D eigenvalue weighted by Gasteiger charge is 2.38. The molecular weight excluding hydrogens is 458 g/mol. The maximum absolute atomic E-state index is 12.2. The highest BCUT2D eigenvalue weighted by atomic mass is 35.5. The molecule has 6 nitrogen and oxygen atoms in total. The van der Waals surface area contributed by atoms with Gasteiger partial charge in [-0.3, -0.25) is 9.78 Å². The van der Waals surface area contributed by atoms with Gasteiger partial charge in [-0.2, -0.15) is 13.2 Å². The lowest BCUT2D eigenvalue weighted by atomic mass is 10.1. The highest BCUT2D eigenvalue weighted by Crippen LogP contribution is 2.29. The molecule has 3 aromatic rings. The average Bonchev–Trinajstić information content (AvgIpc) is 3.04. The third kappa shape index (κ3) is 5.48. The number of amides is 1. The lowest BCUT2D eigenvalue weighted by Crippen LogP contribution is -2.43. The Morgan fingerprint density at radius 3 is 2.29 bits per heavy atom. The Hall–Kier alpha value is -2.78. The molecule has 164 valence electrons. The van der Waals surface area contributed by atoms with Gasteiger partial charge in [-0.1, -0.05) is 29.3 Å². The van der Waals surface area contributed by atoms with Crippen molar-refractivity contribution in [3.63, 3.8) is 0 Å². The predicted octanol–water partition coefficient (Wildman–Crippen LogP) is 4.88. The Morgan fingerprint density at radius 1 is 1.06 bits per heavy atom. The van der Waals surface area contributed by atoms with E-state index in [9.17, 15) is 18.0 Å². The number of rotatable bonds is 3. The van der Waals surface area contributed by atoms with Crippen molar-refractivity contribution in [2.75, 3.05) is 13.1 Å². The monoisotopic (exact) mass is 473 g/mol. The zero-order chi connectivity index (χ0) is 22.8. The van der Waals surface area contributed by atoms with Gasteiger partial charge in [-0.05, 0) is 36.2 Å². The zero-order valence-electron chi connectivity index (χ0n) is 15.9. The number of likely N-dealkylation sites (tertiary alicyclic amines) is 1. The molecule has 11 heteroatoms. The summed E-state index contributed by atoms with van der Waals surface area (Å²) < 4.78 is 33.7. The Kier molecular flexibility index (Phi) is 6.76. The predicted molar refractivity (Wildman–Crippen MR) is 110 cm³/mol. The number of pyridine rings is 1. The molecule has 0 radical (unpaired) electrons. The number of carboxylic acids is 1. The molecule has 1 aromatic carbocycles. The number of carbonyl (C=O) groups is 2. The zero-order valence-corrected chi connectivity index (χ0v) is 17.4. The number of hydrogen-bond donors (Lipinski definition) is 1. The fourth-order valence-electron chi connectivity index (χ4n) is 2.85. The summed E-state index contributed by atoms with van der Waals surface area (Å²) in [5, 5.41) is 8.16. The Balaban J connectivity index is 0.000000339. The van der Waals surface area contributed by atoms with E-state index in [2.05, 4.69) is 4.98 Å². The molecule has 0 unspecified atom stereocenters.